The predicted molar refractivity (Wildman–Crippen MR) is 89.5 cm³/mol. The number of nitro benzene ring substituents is 1. The summed E-state index contributed by atoms with van der Waals surface area (Å²) in [6, 6.07) is 11.4. The first-order valence-corrected chi connectivity index (χ1v) is 8.66. The first-order valence-electron chi connectivity index (χ1n) is 7.22. The van der Waals surface area contributed by atoms with E-state index in [1.807, 2.05) is 6.92 Å². The van der Waals surface area contributed by atoms with E-state index in [-0.39, 0.29) is 17.1 Å². The standard InChI is InChI=1S/C16H16N2O6S/c1-12-2-8-15(9-3-12)25(23,24)17(11-16(19)20)10-13-4-6-14(7-5-13)18(21)22/h2-9H,10-11H2,1H3,(H,19,20). The van der Waals surface area contributed by atoms with Crippen molar-refractivity contribution in [1.29, 1.82) is 0 Å². The van der Waals surface area contributed by atoms with Crippen LogP contribution in [0.2, 0.25) is 0 Å². The van der Waals surface area contributed by atoms with Crippen LogP contribution in [0, 0.1) is 17.0 Å². The summed E-state index contributed by atoms with van der Waals surface area (Å²) in [5.74, 6) is -1.29. The van der Waals surface area contributed by atoms with E-state index in [0.717, 1.165) is 9.87 Å². The molecule has 132 valence electrons. The van der Waals surface area contributed by atoms with Crippen LogP contribution in [0.3, 0.4) is 0 Å². The molecule has 0 amide bonds. The van der Waals surface area contributed by atoms with Gasteiger partial charge in [0, 0.05) is 18.7 Å². The Hall–Kier alpha value is -2.78. The van der Waals surface area contributed by atoms with Crippen LogP contribution >= 0.6 is 0 Å². The van der Waals surface area contributed by atoms with Crippen molar-refractivity contribution in [3.8, 4) is 0 Å². The minimum atomic E-state index is -4.02. The van der Waals surface area contributed by atoms with Crippen LogP contribution in [0.4, 0.5) is 5.69 Å². The second-order valence-electron chi connectivity index (χ2n) is 5.40. The molecule has 0 saturated heterocycles. The number of benzene rings is 2. The molecule has 0 bridgehead atoms. The van der Waals surface area contributed by atoms with Crippen LogP contribution in [0.5, 0.6) is 0 Å². The molecule has 0 heterocycles. The van der Waals surface area contributed by atoms with Crippen molar-refractivity contribution in [2.45, 2.75) is 18.4 Å². The number of carboxylic acid groups (broad SMARTS) is 1. The first-order chi connectivity index (χ1) is 11.7. The van der Waals surface area contributed by atoms with Gasteiger partial charge in [-0.15, -0.1) is 0 Å². The van der Waals surface area contributed by atoms with Crippen LogP contribution < -0.4 is 0 Å². The maximum Gasteiger partial charge on any atom is 0.318 e. The second kappa shape index (κ2) is 7.41. The Kier molecular flexibility index (Phi) is 5.50. The van der Waals surface area contributed by atoms with Crippen molar-refractivity contribution in [2.75, 3.05) is 6.54 Å². The zero-order valence-corrected chi connectivity index (χ0v) is 14.1. The zero-order valence-electron chi connectivity index (χ0n) is 13.3. The Morgan fingerprint density at radius 2 is 1.68 bits per heavy atom. The number of hydrogen-bond acceptors (Lipinski definition) is 5. The Balaban J connectivity index is 2.33. The molecule has 0 saturated carbocycles. The third-order valence-corrected chi connectivity index (χ3v) is 5.28. The molecule has 0 fully saturated rings. The maximum atomic E-state index is 12.7. The van der Waals surface area contributed by atoms with Gasteiger partial charge in [-0.25, -0.2) is 8.42 Å². The second-order valence-corrected chi connectivity index (χ2v) is 7.34. The number of hydrogen-bond donors (Lipinski definition) is 1. The van der Waals surface area contributed by atoms with E-state index >= 15 is 0 Å². The van der Waals surface area contributed by atoms with E-state index < -0.39 is 27.5 Å². The molecule has 0 aliphatic heterocycles. The van der Waals surface area contributed by atoms with Crippen molar-refractivity contribution < 1.29 is 23.2 Å². The zero-order chi connectivity index (χ0) is 18.6. The summed E-state index contributed by atoms with van der Waals surface area (Å²) in [6.45, 7) is 0.885. The summed E-state index contributed by atoms with van der Waals surface area (Å²) in [5.41, 5.74) is 1.19. The Bertz CT molecular complexity index is 876. The molecule has 0 unspecified atom stereocenters. The fraction of sp³-hybridized carbons (Fsp3) is 0.188. The normalized spacial score (nSPS) is 11.4. The fourth-order valence-electron chi connectivity index (χ4n) is 2.16. The number of non-ortho nitro benzene ring substituents is 1. The van der Waals surface area contributed by atoms with Gasteiger partial charge in [-0.1, -0.05) is 29.8 Å². The highest BCUT2D eigenvalue weighted by atomic mass is 32.2. The van der Waals surface area contributed by atoms with Gasteiger partial charge in [0.15, 0.2) is 0 Å². The SMILES string of the molecule is Cc1ccc(S(=O)(=O)N(CC(=O)O)Cc2ccc([N+](=O)[O-])cc2)cc1. The number of aryl methyl sites for hydroxylation is 1. The highest BCUT2D eigenvalue weighted by molar-refractivity contribution is 7.89. The fourth-order valence-corrected chi connectivity index (χ4v) is 3.54. The lowest BCUT2D eigenvalue weighted by atomic mass is 10.2. The number of nitrogens with zero attached hydrogens (tertiary/aromatic N) is 2. The minimum Gasteiger partial charge on any atom is -0.480 e. The summed E-state index contributed by atoms with van der Waals surface area (Å²) in [7, 11) is -4.02. The van der Waals surface area contributed by atoms with Crippen molar-refractivity contribution in [3.63, 3.8) is 0 Å². The lowest BCUT2D eigenvalue weighted by Crippen LogP contribution is -2.35. The summed E-state index contributed by atoms with van der Waals surface area (Å²) in [4.78, 5) is 21.2. The van der Waals surface area contributed by atoms with Crippen LogP contribution in [0.25, 0.3) is 0 Å². The van der Waals surface area contributed by atoms with Crippen LogP contribution in [0.15, 0.2) is 53.4 Å². The van der Waals surface area contributed by atoms with Crippen LogP contribution in [-0.2, 0) is 21.4 Å². The van der Waals surface area contributed by atoms with E-state index in [0.29, 0.717) is 5.56 Å². The summed E-state index contributed by atoms with van der Waals surface area (Å²) in [5, 5.41) is 19.7. The van der Waals surface area contributed by atoms with Crippen molar-refractivity contribution in [2.24, 2.45) is 0 Å². The topological polar surface area (TPSA) is 118 Å². The van der Waals surface area contributed by atoms with E-state index in [1.165, 1.54) is 36.4 Å². The van der Waals surface area contributed by atoms with E-state index in [1.54, 1.807) is 12.1 Å². The molecule has 2 aromatic carbocycles. The number of carbonyl (C=O) groups is 1. The largest absolute Gasteiger partial charge is 0.480 e. The number of rotatable bonds is 7. The van der Waals surface area contributed by atoms with Crippen LogP contribution in [0.1, 0.15) is 11.1 Å². The minimum absolute atomic E-state index is 0.0127. The van der Waals surface area contributed by atoms with Gasteiger partial charge in [0.1, 0.15) is 6.54 Å². The predicted octanol–water partition coefficient (Wildman–Crippen LogP) is 2.18. The highest BCUT2D eigenvalue weighted by Gasteiger charge is 2.26. The molecular weight excluding hydrogens is 348 g/mol. The molecular formula is C16H16N2O6S. The van der Waals surface area contributed by atoms with E-state index in [2.05, 4.69) is 0 Å². The van der Waals surface area contributed by atoms with Crippen LogP contribution in [-0.4, -0.2) is 35.3 Å². The number of nitro groups is 1. The van der Waals surface area contributed by atoms with Gasteiger partial charge in [-0.2, -0.15) is 4.31 Å². The average Bonchev–Trinajstić information content (AvgIpc) is 2.54. The summed E-state index contributed by atoms with van der Waals surface area (Å²) >= 11 is 0. The quantitative estimate of drug-likeness (QED) is 0.594. The van der Waals surface area contributed by atoms with Gasteiger partial charge in [0.05, 0.1) is 9.82 Å². The molecule has 0 aromatic heterocycles. The van der Waals surface area contributed by atoms with Crippen molar-refractivity contribution in [3.05, 3.63) is 69.8 Å². The van der Waals surface area contributed by atoms with Gasteiger partial charge in [-0.05, 0) is 24.6 Å². The number of sulfonamides is 1. The molecule has 0 aliphatic rings. The van der Waals surface area contributed by atoms with Gasteiger partial charge in [-0.3, -0.25) is 14.9 Å². The Morgan fingerprint density at radius 1 is 1.12 bits per heavy atom. The molecule has 9 heteroatoms. The molecule has 0 spiro atoms. The molecule has 8 nitrogen and oxygen atoms in total. The molecule has 2 rings (SSSR count). The summed E-state index contributed by atoms with van der Waals surface area (Å²) < 4.78 is 26.2. The molecule has 0 radical (unpaired) electrons. The van der Waals surface area contributed by atoms with Gasteiger partial charge in [0.25, 0.3) is 5.69 Å². The molecule has 2 aromatic rings. The lowest BCUT2D eigenvalue weighted by molar-refractivity contribution is -0.384. The highest BCUT2D eigenvalue weighted by Crippen LogP contribution is 2.20. The third-order valence-electron chi connectivity index (χ3n) is 3.48. The molecule has 0 atom stereocenters. The first kappa shape index (κ1) is 18.6. The van der Waals surface area contributed by atoms with Gasteiger partial charge >= 0.3 is 5.97 Å². The van der Waals surface area contributed by atoms with Crippen molar-refractivity contribution in [1.82, 2.24) is 4.31 Å². The van der Waals surface area contributed by atoms with Crippen molar-refractivity contribution >= 4 is 21.7 Å². The number of carboxylic acids is 1. The number of aliphatic carboxylic acids is 1. The molecule has 25 heavy (non-hydrogen) atoms. The third kappa shape index (κ3) is 4.61. The average molecular weight is 364 g/mol. The lowest BCUT2D eigenvalue weighted by Gasteiger charge is -2.20. The monoisotopic (exact) mass is 364 g/mol. The van der Waals surface area contributed by atoms with Gasteiger partial charge < -0.3 is 5.11 Å². The molecule has 0 aliphatic carbocycles. The Morgan fingerprint density at radius 3 is 2.16 bits per heavy atom. The van der Waals surface area contributed by atoms with E-state index in [4.69, 9.17) is 5.11 Å². The maximum absolute atomic E-state index is 12.7. The van der Waals surface area contributed by atoms with E-state index in [9.17, 15) is 23.3 Å². The smallest absolute Gasteiger partial charge is 0.318 e. The van der Waals surface area contributed by atoms with Gasteiger partial charge in [0.2, 0.25) is 10.0 Å². The molecule has 1 N–H and O–H groups in total. The Labute approximate surface area is 144 Å². The summed E-state index contributed by atoms with van der Waals surface area (Å²) in [6.07, 6.45) is 0.